The number of rotatable bonds is 8. The van der Waals surface area contributed by atoms with Crippen LogP contribution in [-0.4, -0.2) is 56.5 Å². The number of aryl methyl sites for hydroxylation is 1. The highest BCUT2D eigenvalue weighted by atomic mass is 32.2. The van der Waals surface area contributed by atoms with Crippen LogP contribution in [0, 0.1) is 18.7 Å². The number of benzene rings is 3. The summed E-state index contributed by atoms with van der Waals surface area (Å²) in [5, 5.41) is 0. The van der Waals surface area contributed by atoms with Gasteiger partial charge in [0.25, 0.3) is 15.9 Å². The third-order valence-electron chi connectivity index (χ3n) is 8.61. The number of para-hydroxylation sites is 1. The molecule has 2 aliphatic rings. The first-order valence-corrected chi connectivity index (χ1v) is 17.0. The lowest BCUT2D eigenvalue weighted by Crippen LogP contribution is -2.48. The lowest BCUT2D eigenvalue weighted by Gasteiger charge is -2.34. The fraction of sp³-hybridized carbons (Fsp3) is 0.412. The van der Waals surface area contributed by atoms with E-state index >= 15 is 4.39 Å². The van der Waals surface area contributed by atoms with Gasteiger partial charge in [-0.3, -0.25) is 19.4 Å². The molecule has 0 radical (unpaired) electrons. The molecule has 46 heavy (non-hydrogen) atoms. The van der Waals surface area contributed by atoms with Gasteiger partial charge in [-0.05, 0) is 73.2 Å². The average Bonchev–Trinajstić information content (AvgIpc) is 3.30. The molecule has 1 aliphatic carbocycles. The predicted octanol–water partition coefficient (Wildman–Crippen LogP) is 7.58. The number of carbonyl (C=O) groups excluding carboxylic acids is 1. The highest BCUT2D eigenvalue weighted by molar-refractivity contribution is 7.92. The molecule has 2 fully saturated rings. The van der Waals surface area contributed by atoms with Gasteiger partial charge in [0.1, 0.15) is 10.7 Å². The van der Waals surface area contributed by atoms with Gasteiger partial charge in [0.15, 0.2) is 0 Å². The van der Waals surface area contributed by atoms with Gasteiger partial charge in [0.2, 0.25) is 0 Å². The zero-order valence-corrected chi connectivity index (χ0v) is 26.5. The number of anilines is 1. The fourth-order valence-electron chi connectivity index (χ4n) is 5.93. The summed E-state index contributed by atoms with van der Waals surface area (Å²) in [6, 6.07) is 13.5. The first kappa shape index (κ1) is 33.6. The molecule has 0 aromatic heterocycles. The minimum Gasteiger partial charge on any atom is -0.336 e. The summed E-state index contributed by atoms with van der Waals surface area (Å²) in [4.78, 5) is 21.3. The summed E-state index contributed by atoms with van der Waals surface area (Å²) in [5.74, 6) is -0.988. The number of hydrogen-bond acceptors (Lipinski definition) is 5. The molecule has 1 N–H and O–H groups in total. The molecule has 246 valence electrons. The molecule has 0 spiro atoms. The summed E-state index contributed by atoms with van der Waals surface area (Å²) >= 11 is 0. The number of amides is 1. The summed E-state index contributed by atoms with van der Waals surface area (Å²) in [6.45, 7) is 3.93. The van der Waals surface area contributed by atoms with Gasteiger partial charge in [-0.25, -0.2) is 12.8 Å². The van der Waals surface area contributed by atoms with Crippen LogP contribution in [-0.2, 0) is 22.7 Å². The number of sulfonamides is 1. The van der Waals surface area contributed by atoms with Crippen molar-refractivity contribution < 1.29 is 30.8 Å². The zero-order valence-electron chi connectivity index (χ0n) is 25.7. The summed E-state index contributed by atoms with van der Waals surface area (Å²) < 4.78 is 83.0. The molecule has 7 nitrogen and oxygen atoms in total. The third-order valence-corrected chi connectivity index (χ3v) is 10.0. The number of halogens is 4. The maximum Gasteiger partial charge on any atom is 0.416 e. The maximum atomic E-state index is 15.2. The number of alkyl halides is 3. The first-order chi connectivity index (χ1) is 21.9. The van der Waals surface area contributed by atoms with E-state index in [1.165, 1.54) is 43.2 Å². The fourth-order valence-corrected chi connectivity index (χ4v) is 7.22. The molecule has 0 atom stereocenters. The highest BCUT2D eigenvalue weighted by Crippen LogP contribution is 2.32. The molecule has 5 rings (SSSR count). The minimum absolute atomic E-state index is 0.0499. The Bertz CT molecular complexity index is 1660. The van der Waals surface area contributed by atoms with E-state index in [2.05, 4.69) is 9.71 Å². The first-order valence-electron chi connectivity index (χ1n) is 15.5. The van der Waals surface area contributed by atoms with Crippen LogP contribution in [0.1, 0.15) is 65.6 Å². The van der Waals surface area contributed by atoms with E-state index in [1.54, 1.807) is 24.0 Å². The normalized spacial score (nSPS) is 17.3. The number of nitrogens with zero attached hydrogens (tertiary/aromatic N) is 3. The van der Waals surface area contributed by atoms with Gasteiger partial charge in [-0.15, -0.1) is 0 Å². The monoisotopic (exact) mass is 658 g/mol. The maximum absolute atomic E-state index is 15.2. The molecule has 12 heteroatoms. The lowest BCUT2D eigenvalue weighted by atomic mass is 10.0. The van der Waals surface area contributed by atoms with Crippen LogP contribution >= 0.6 is 0 Å². The van der Waals surface area contributed by atoms with Crippen molar-refractivity contribution in [3.63, 3.8) is 0 Å². The van der Waals surface area contributed by atoms with Crippen LogP contribution in [0.3, 0.4) is 0 Å². The lowest BCUT2D eigenvalue weighted by molar-refractivity contribution is -0.137. The molecular weight excluding hydrogens is 620 g/mol. The zero-order chi connectivity index (χ0) is 32.9. The van der Waals surface area contributed by atoms with Crippen molar-refractivity contribution in [1.82, 2.24) is 9.80 Å². The molecule has 0 unspecified atom stereocenters. The van der Waals surface area contributed by atoms with Gasteiger partial charge in [0.05, 0.1) is 16.9 Å². The second kappa shape index (κ2) is 14.3. The third kappa shape index (κ3) is 8.33. The van der Waals surface area contributed by atoms with E-state index in [9.17, 15) is 26.4 Å². The van der Waals surface area contributed by atoms with Crippen molar-refractivity contribution in [3.8, 4) is 0 Å². The quantitative estimate of drug-likeness (QED) is 0.154. The largest absolute Gasteiger partial charge is 0.416 e. The van der Waals surface area contributed by atoms with Gasteiger partial charge >= 0.3 is 6.18 Å². The van der Waals surface area contributed by atoms with Gasteiger partial charge in [0, 0.05) is 44.5 Å². The summed E-state index contributed by atoms with van der Waals surface area (Å²) in [7, 11) is -4.20. The molecule has 1 saturated carbocycles. The van der Waals surface area contributed by atoms with Crippen LogP contribution < -0.4 is 4.72 Å². The summed E-state index contributed by atoms with van der Waals surface area (Å²) in [5.41, 5.74) is 0.848. The molecule has 1 aliphatic heterocycles. The Hall–Kier alpha value is -3.77. The molecule has 1 amide bonds. The van der Waals surface area contributed by atoms with Crippen molar-refractivity contribution >= 4 is 33.5 Å². The topological polar surface area (TPSA) is 82.1 Å². The number of aliphatic imine (C=N–C) groups is 1. The van der Waals surface area contributed by atoms with E-state index in [0.29, 0.717) is 44.0 Å². The second-order valence-corrected chi connectivity index (χ2v) is 13.7. The van der Waals surface area contributed by atoms with Crippen molar-refractivity contribution in [1.29, 1.82) is 0 Å². The van der Waals surface area contributed by atoms with E-state index in [-0.39, 0.29) is 22.1 Å². The average molecular weight is 659 g/mol. The molecule has 1 heterocycles. The standard InChI is InChI=1S/C34H38F4N4O3S/c1-24-7-6-10-31(32(24)39-22-25-8-4-2-3-5-9-25)46(44,45)40-30-16-13-27(21-29(30)35)33(43)42-19-17-41(18-20-42)23-26-11-14-28(15-12-26)34(36,37)38/h6-7,10-16,21-22,25,40H,2-5,8-9,17-20,23H2,1H3/b39-22-. The molecule has 1 saturated heterocycles. The SMILES string of the molecule is Cc1cccc(S(=O)(=O)Nc2ccc(C(=O)N3CCN(Cc4ccc(C(F)(F)F)cc4)CC3)cc2F)c1/N=C\C1CCCCCC1. The van der Waals surface area contributed by atoms with Crippen LogP contribution in [0.25, 0.3) is 0 Å². The van der Waals surface area contributed by atoms with Crippen molar-refractivity contribution in [2.45, 2.75) is 63.1 Å². The number of carbonyl (C=O) groups is 1. The van der Waals surface area contributed by atoms with E-state index < -0.39 is 33.5 Å². The minimum atomic E-state index is -4.39. The van der Waals surface area contributed by atoms with Crippen LogP contribution in [0.4, 0.5) is 28.9 Å². The Labute approximate surface area is 267 Å². The Morgan fingerprint density at radius 2 is 1.63 bits per heavy atom. The van der Waals surface area contributed by atoms with Gasteiger partial charge < -0.3 is 4.90 Å². The van der Waals surface area contributed by atoms with E-state index in [1.807, 2.05) is 11.1 Å². The molecular formula is C34H38F4N4O3S. The Kier molecular flexibility index (Phi) is 10.5. The number of nitrogens with one attached hydrogen (secondary N) is 1. The summed E-state index contributed by atoms with van der Waals surface area (Å²) in [6.07, 6.45) is 4.13. The molecule has 3 aromatic carbocycles. The number of piperazine rings is 1. The van der Waals surface area contributed by atoms with Crippen LogP contribution in [0.5, 0.6) is 0 Å². The Balaban J connectivity index is 1.21. The van der Waals surface area contributed by atoms with Gasteiger partial charge in [-0.1, -0.05) is 49.9 Å². The highest BCUT2D eigenvalue weighted by Gasteiger charge is 2.30. The predicted molar refractivity (Wildman–Crippen MR) is 170 cm³/mol. The number of hydrogen-bond donors (Lipinski definition) is 1. The second-order valence-electron chi connectivity index (χ2n) is 12.0. The van der Waals surface area contributed by atoms with Crippen molar-refractivity contribution in [3.05, 3.63) is 88.7 Å². The van der Waals surface area contributed by atoms with E-state index in [4.69, 9.17) is 0 Å². The van der Waals surface area contributed by atoms with Crippen LogP contribution in [0.2, 0.25) is 0 Å². The van der Waals surface area contributed by atoms with Crippen molar-refractivity contribution in [2.24, 2.45) is 10.9 Å². The van der Waals surface area contributed by atoms with Gasteiger partial charge in [-0.2, -0.15) is 13.2 Å². The van der Waals surface area contributed by atoms with Crippen LogP contribution in [0.15, 0.2) is 70.6 Å². The van der Waals surface area contributed by atoms with E-state index in [0.717, 1.165) is 49.4 Å². The van der Waals surface area contributed by atoms with Crippen molar-refractivity contribution in [2.75, 3.05) is 30.9 Å². The molecule has 0 bridgehead atoms. The Morgan fingerprint density at radius 1 is 0.957 bits per heavy atom. The molecule has 3 aromatic rings. The smallest absolute Gasteiger partial charge is 0.336 e. The Morgan fingerprint density at radius 3 is 2.26 bits per heavy atom.